The largest absolute Gasteiger partial charge is 0.496 e. The van der Waals surface area contributed by atoms with Crippen molar-refractivity contribution in [1.29, 1.82) is 0 Å². The minimum absolute atomic E-state index is 0.0354. The van der Waals surface area contributed by atoms with Crippen LogP contribution in [0, 0.1) is 11.6 Å². The molecule has 29 heavy (non-hydrogen) atoms. The molecule has 0 radical (unpaired) electrons. The molecular formula is C20H14F2N4O2S. The van der Waals surface area contributed by atoms with Gasteiger partial charge in [-0.3, -0.25) is 4.79 Å². The summed E-state index contributed by atoms with van der Waals surface area (Å²) in [5.74, 6) is -0.794. The maximum absolute atomic E-state index is 13.5. The van der Waals surface area contributed by atoms with E-state index in [0.717, 1.165) is 6.07 Å². The lowest BCUT2D eigenvalue weighted by molar-refractivity contribution is 0.101. The van der Waals surface area contributed by atoms with Gasteiger partial charge in [0.25, 0.3) is 0 Å². The third-order valence-electron chi connectivity index (χ3n) is 4.20. The van der Waals surface area contributed by atoms with Crippen LogP contribution in [0.3, 0.4) is 0 Å². The van der Waals surface area contributed by atoms with Crippen LogP contribution in [0.15, 0.2) is 60.0 Å². The van der Waals surface area contributed by atoms with Crippen LogP contribution in [0.4, 0.5) is 8.78 Å². The Kier molecular flexibility index (Phi) is 5.22. The third kappa shape index (κ3) is 3.81. The zero-order valence-corrected chi connectivity index (χ0v) is 16.0. The molecule has 4 rings (SSSR count). The number of rotatable bonds is 6. The first-order valence-electron chi connectivity index (χ1n) is 8.51. The number of Topliss-reactive ketones (excluding diaryl/α,β-unsaturated/α-hetero) is 1. The molecule has 6 nitrogen and oxygen atoms in total. The minimum Gasteiger partial charge on any atom is -0.496 e. The number of carbonyl (C=O) groups is 1. The molecule has 2 aromatic heterocycles. The molecule has 2 heterocycles. The maximum Gasteiger partial charge on any atom is 0.176 e. The monoisotopic (exact) mass is 412 g/mol. The van der Waals surface area contributed by atoms with Crippen LogP contribution in [0.5, 0.6) is 5.75 Å². The van der Waals surface area contributed by atoms with Gasteiger partial charge in [0, 0.05) is 0 Å². The van der Waals surface area contributed by atoms with Crippen molar-refractivity contribution in [2.75, 3.05) is 12.9 Å². The van der Waals surface area contributed by atoms with E-state index in [9.17, 15) is 13.6 Å². The fourth-order valence-electron chi connectivity index (χ4n) is 2.82. The summed E-state index contributed by atoms with van der Waals surface area (Å²) in [6, 6.07) is 9.68. The molecule has 146 valence electrons. The molecule has 0 aliphatic heterocycles. The Morgan fingerprint density at radius 2 is 1.86 bits per heavy atom. The lowest BCUT2D eigenvalue weighted by Gasteiger charge is -2.08. The summed E-state index contributed by atoms with van der Waals surface area (Å²) in [5.41, 5.74) is 1.36. The van der Waals surface area contributed by atoms with Gasteiger partial charge in [0.15, 0.2) is 11.4 Å². The molecule has 0 bridgehead atoms. The molecule has 0 fully saturated rings. The molecule has 0 aliphatic carbocycles. The number of halogens is 2. The number of fused-ring (bicyclic) bond motifs is 1. The highest BCUT2D eigenvalue weighted by molar-refractivity contribution is 8.00. The van der Waals surface area contributed by atoms with Gasteiger partial charge in [-0.1, -0.05) is 11.8 Å². The number of ether oxygens (including phenoxy) is 1. The van der Waals surface area contributed by atoms with Gasteiger partial charge in [-0.15, -0.1) is 0 Å². The number of hydrogen-bond acceptors (Lipinski definition) is 6. The van der Waals surface area contributed by atoms with Gasteiger partial charge >= 0.3 is 0 Å². The van der Waals surface area contributed by atoms with Gasteiger partial charge < -0.3 is 4.74 Å². The zero-order valence-electron chi connectivity index (χ0n) is 15.2. The van der Waals surface area contributed by atoms with Crippen molar-refractivity contribution >= 4 is 28.6 Å². The average molecular weight is 412 g/mol. The molecule has 4 aromatic rings. The van der Waals surface area contributed by atoms with Crippen LogP contribution in [0.1, 0.15) is 10.4 Å². The van der Waals surface area contributed by atoms with Gasteiger partial charge in [0.05, 0.1) is 35.7 Å². The number of thioether (sulfide) groups is 1. The van der Waals surface area contributed by atoms with Gasteiger partial charge in [-0.25, -0.2) is 23.4 Å². The first-order valence-corrected chi connectivity index (χ1v) is 9.49. The molecule has 0 saturated heterocycles. The number of carbonyl (C=O) groups excluding carboxylic acids is 1. The molecule has 0 amide bonds. The number of methoxy groups -OCH3 is 1. The summed E-state index contributed by atoms with van der Waals surface area (Å²) in [6.45, 7) is 0. The lowest BCUT2D eigenvalue weighted by Crippen LogP contribution is -2.06. The Morgan fingerprint density at radius 3 is 2.62 bits per heavy atom. The number of aromatic nitrogens is 4. The summed E-state index contributed by atoms with van der Waals surface area (Å²) >= 11 is 1.20. The van der Waals surface area contributed by atoms with E-state index in [4.69, 9.17) is 4.74 Å². The second-order valence-corrected chi connectivity index (χ2v) is 6.97. The first-order chi connectivity index (χ1) is 14.1. The van der Waals surface area contributed by atoms with Crippen molar-refractivity contribution < 1.29 is 18.3 Å². The number of nitrogens with zero attached hydrogens (tertiary/aromatic N) is 4. The number of ketones is 1. The molecule has 9 heteroatoms. The highest BCUT2D eigenvalue weighted by Gasteiger charge is 2.17. The van der Waals surface area contributed by atoms with Crippen molar-refractivity contribution in [2.45, 2.75) is 5.03 Å². The molecule has 0 N–H and O–H groups in total. The van der Waals surface area contributed by atoms with Crippen molar-refractivity contribution in [2.24, 2.45) is 0 Å². The fraction of sp³-hybridized carbons (Fsp3) is 0.100. The van der Waals surface area contributed by atoms with Crippen LogP contribution in [-0.4, -0.2) is 38.4 Å². The normalized spacial score (nSPS) is 11.0. The number of hydrogen-bond donors (Lipinski definition) is 0. The number of benzene rings is 2. The Balaban J connectivity index is 1.60. The van der Waals surface area contributed by atoms with Crippen molar-refractivity contribution in [3.8, 4) is 11.4 Å². The van der Waals surface area contributed by atoms with Gasteiger partial charge in [-0.05, 0) is 42.5 Å². The van der Waals surface area contributed by atoms with E-state index < -0.39 is 5.82 Å². The maximum atomic E-state index is 13.5. The van der Waals surface area contributed by atoms with E-state index >= 15 is 0 Å². The standard InChI is InChI=1S/C20H14F2N4O2S/c1-28-18-7-4-13(22)8-15(18)17(27)10-29-20-16-9-25-26(19(16)23-11-24-20)14-5-2-12(21)3-6-14/h2-9,11H,10H2,1H3. The Bertz CT molecular complexity index is 1200. The summed E-state index contributed by atoms with van der Waals surface area (Å²) in [5, 5.41) is 5.52. The highest BCUT2D eigenvalue weighted by Crippen LogP contribution is 2.28. The fourth-order valence-corrected chi connectivity index (χ4v) is 3.66. The van der Waals surface area contributed by atoms with Crippen LogP contribution in [-0.2, 0) is 0 Å². The molecule has 0 saturated carbocycles. The predicted octanol–water partition coefficient (Wildman–Crippen LogP) is 4.08. The molecule has 0 unspecified atom stereocenters. The van der Waals surface area contributed by atoms with Gasteiger partial charge in [0.2, 0.25) is 0 Å². The average Bonchev–Trinajstić information content (AvgIpc) is 3.17. The molecule has 0 spiro atoms. The summed E-state index contributed by atoms with van der Waals surface area (Å²) < 4.78 is 33.4. The third-order valence-corrected chi connectivity index (χ3v) is 5.21. The van der Waals surface area contributed by atoms with E-state index in [1.165, 1.54) is 49.5 Å². The smallest absolute Gasteiger partial charge is 0.176 e. The quantitative estimate of drug-likeness (QED) is 0.270. The SMILES string of the molecule is COc1ccc(F)cc1C(=O)CSc1ncnc2c1cnn2-c1ccc(F)cc1. The van der Waals surface area contributed by atoms with Crippen molar-refractivity contribution in [3.63, 3.8) is 0 Å². The Hall–Kier alpha value is -3.33. The van der Waals surface area contributed by atoms with E-state index in [1.54, 1.807) is 23.0 Å². The van der Waals surface area contributed by atoms with E-state index in [0.29, 0.717) is 27.5 Å². The Labute approximate surface area is 168 Å². The van der Waals surface area contributed by atoms with Crippen molar-refractivity contribution in [1.82, 2.24) is 19.7 Å². The molecule has 0 atom stereocenters. The molecular weight excluding hydrogens is 398 g/mol. The lowest BCUT2D eigenvalue weighted by atomic mass is 10.1. The van der Waals surface area contributed by atoms with Gasteiger partial charge in [-0.2, -0.15) is 5.10 Å². The summed E-state index contributed by atoms with van der Waals surface area (Å²) in [7, 11) is 1.43. The molecule has 2 aromatic carbocycles. The van der Waals surface area contributed by atoms with E-state index in [2.05, 4.69) is 15.1 Å². The predicted molar refractivity (Wildman–Crippen MR) is 105 cm³/mol. The first kappa shape index (κ1) is 19.0. The second kappa shape index (κ2) is 7.96. The second-order valence-electron chi connectivity index (χ2n) is 6.01. The van der Waals surface area contributed by atoms with E-state index in [1.807, 2.05) is 0 Å². The van der Waals surface area contributed by atoms with Crippen LogP contribution in [0.25, 0.3) is 16.7 Å². The summed E-state index contributed by atoms with van der Waals surface area (Å²) in [4.78, 5) is 21.1. The Morgan fingerprint density at radius 1 is 1.10 bits per heavy atom. The topological polar surface area (TPSA) is 69.9 Å². The van der Waals surface area contributed by atoms with Gasteiger partial charge in [0.1, 0.15) is 28.7 Å². The van der Waals surface area contributed by atoms with Crippen LogP contribution in [0.2, 0.25) is 0 Å². The van der Waals surface area contributed by atoms with Crippen molar-refractivity contribution in [3.05, 3.63) is 72.2 Å². The van der Waals surface area contributed by atoms with Crippen LogP contribution < -0.4 is 4.74 Å². The van der Waals surface area contributed by atoms with E-state index in [-0.39, 0.29) is 22.9 Å². The van der Waals surface area contributed by atoms with Crippen LogP contribution >= 0.6 is 11.8 Å². The molecule has 0 aliphatic rings. The summed E-state index contributed by atoms with van der Waals surface area (Å²) in [6.07, 6.45) is 2.97. The highest BCUT2D eigenvalue weighted by atomic mass is 32.2. The zero-order chi connectivity index (χ0) is 20.4. The minimum atomic E-state index is -0.510.